The molecule has 1 aliphatic heterocycles. The lowest BCUT2D eigenvalue weighted by molar-refractivity contribution is 0.222. The minimum absolute atomic E-state index is 0.0334. The van der Waals surface area contributed by atoms with Crippen LogP contribution in [-0.2, 0) is 20.0 Å². The van der Waals surface area contributed by atoms with Gasteiger partial charge in [0, 0.05) is 31.9 Å². The first-order valence-corrected chi connectivity index (χ1v) is 10.1. The monoisotopic (exact) mass is 347 g/mol. The number of nitrogens with one attached hydrogen (secondary N) is 1. The van der Waals surface area contributed by atoms with Crippen molar-refractivity contribution in [3.8, 4) is 0 Å². The molecule has 0 radical (unpaired) electrons. The molecule has 1 aromatic carbocycles. The van der Waals surface area contributed by atoms with Gasteiger partial charge in [0.1, 0.15) is 0 Å². The van der Waals surface area contributed by atoms with Gasteiger partial charge in [0.15, 0.2) is 0 Å². The topological polar surface area (TPSA) is 86.8 Å². The van der Waals surface area contributed by atoms with Crippen molar-refractivity contribution in [3.63, 3.8) is 0 Å². The first kappa shape index (κ1) is 17.2. The van der Waals surface area contributed by atoms with Crippen LogP contribution in [0, 0.1) is 0 Å². The Kier molecular flexibility index (Phi) is 5.10. The Morgan fingerprint density at radius 1 is 1.00 bits per heavy atom. The molecule has 1 aliphatic rings. The van der Waals surface area contributed by atoms with Crippen LogP contribution in [0.3, 0.4) is 0 Å². The molecule has 0 unspecified atom stereocenters. The molecule has 2 rings (SSSR count). The summed E-state index contributed by atoms with van der Waals surface area (Å²) in [6.45, 7) is 3.86. The second kappa shape index (κ2) is 6.53. The predicted octanol–water partition coefficient (Wildman–Crippen LogP) is 0.384. The summed E-state index contributed by atoms with van der Waals surface area (Å²) in [4.78, 5) is 2.26. The molecule has 0 spiro atoms. The average Bonchev–Trinajstić information content (AvgIpc) is 2.48. The van der Waals surface area contributed by atoms with Crippen molar-refractivity contribution in [1.29, 1.82) is 0 Å². The Morgan fingerprint density at radius 2 is 1.55 bits per heavy atom. The van der Waals surface area contributed by atoms with Crippen LogP contribution in [0.1, 0.15) is 6.92 Å². The number of anilines is 1. The maximum absolute atomic E-state index is 12.5. The molecule has 1 saturated heterocycles. The van der Waals surface area contributed by atoms with Gasteiger partial charge < -0.3 is 4.90 Å². The normalized spacial score (nSPS) is 18.3. The molecule has 1 fully saturated rings. The maximum atomic E-state index is 12.5. The highest BCUT2D eigenvalue weighted by Crippen LogP contribution is 2.20. The molecule has 0 aliphatic carbocycles. The molecule has 1 N–H and O–H groups in total. The van der Waals surface area contributed by atoms with Crippen molar-refractivity contribution in [1.82, 2.24) is 9.21 Å². The van der Waals surface area contributed by atoms with Crippen molar-refractivity contribution in [2.45, 2.75) is 11.8 Å². The Balaban J connectivity index is 2.16. The molecular weight excluding hydrogens is 326 g/mol. The highest BCUT2D eigenvalue weighted by Gasteiger charge is 2.27. The molecule has 0 amide bonds. The minimum atomic E-state index is -3.52. The summed E-state index contributed by atoms with van der Waals surface area (Å²) in [5.74, 6) is -0.0334. The lowest BCUT2D eigenvalue weighted by Gasteiger charge is -2.31. The van der Waals surface area contributed by atoms with Crippen molar-refractivity contribution in [3.05, 3.63) is 24.3 Å². The number of likely N-dealkylation sites (N-methyl/N-ethyl adjacent to an activating group) is 1. The Morgan fingerprint density at radius 3 is 2.05 bits per heavy atom. The number of rotatable bonds is 5. The van der Waals surface area contributed by atoms with Gasteiger partial charge in [-0.3, -0.25) is 4.72 Å². The van der Waals surface area contributed by atoms with Crippen molar-refractivity contribution in [2.24, 2.45) is 0 Å². The van der Waals surface area contributed by atoms with Crippen molar-refractivity contribution >= 4 is 25.7 Å². The SMILES string of the molecule is CCS(=O)(=O)Nc1ccc(S(=O)(=O)N2CCN(C)CC2)cc1. The average molecular weight is 347 g/mol. The lowest BCUT2D eigenvalue weighted by atomic mass is 10.3. The van der Waals surface area contributed by atoms with E-state index in [1.165, 1.54) is 35.5 Å². The van der Waals surface area contributed by atoms with Crippen LogP contribution in [-0.4, -0.2) is 65.0 Å². The Labute approximate surface area is 132 Å². The number of sulfonamides is 2. The van der Waals surface area contributed by atoms with Gasteiger partial charge in [-0.05, 0) is 38.2 Å². The predicted molar refractivity (Wildman–Crippen MR) is 85.8 cm³/mol. The number of hydrogen-bond donors (Lipinski definition) is 1. The first-order valence-electron chi connectivity index (χ1n) is 7.04. The number of hydrogen-bond acceptors (Lipinski definition) is 5. The Bertz CT molecular complexity index is 706. The van der Waals surface area contributed by atoms with E-state index in [9.17, 15) is 16.8 Å². The van der Waals surface area contributed by atoms with Crippen LogP contribution in [0.15, 0.2) is 29.2 Å². The summed E-state index contributed by atoms with van der Waals surface area (Å²) >= 11 is 0. The largest absolute Gasteiger partial charge is 0.304 e. The first-order chi connectivity index (χ1) is 10.2. The summed E-state index contributed by atoms with van der Waals surface area (Å²) in [6, 6.07) is 5.80. The Hall–Kier alpha value is -1.16. The summed E-state index contributed by atoms with van der Waals surface area (Å²) in [5, 5.41) is 0. The fraction of sp³-hybridized carbons (Fsp3) is 0.538. The zero-order chi connectivity index (χ0) is 16.4. The summed E-state index contributed by atoms with van der Waals surface area (Å²) in [7, 11) is -4.93. The number of benzene rings is 1. The van der Waals surface area contributed by atoms with Crippen molar-refractivity contribution < 1.29 is 16.8 Å². The molecule has 9 heteroatoms. The molecule has 7 nitrogen and oxygen atoms in total. The van der Waals surface area contributed by atoms with Crippen LogP contribution in [0.25, 0.3) is 0 Å². The number of piperazine rings is 1. The molecular formula is C13H21N3O4S2. The van der Waals surface area contributed by atoms with E-state index in [1.54, 1.807) is 0 Å². The lowest BCUT2D eigenvalue weighted by Crippen LogP contribution is -2.46. The summed E-state index contributed by atoms with van der Waals surface area (Å²) in [5.41, 5.74) is 0.360. The molecule has 22 heavy (non-hydrogen) atoms. The molecule has 0 bridgehead atoms. The highest BCUT2D eigenvalue weighted by atomic mass is 32.2. The van der Waals surface area contributed by atoms with E-state index >= 15 is 0 Å². The quantitative estimate of drug-likeness (QED) is 0.832. The van der Waals surface area contributed by atoms with Gasteiger partial charge in [0.05, 0.1) is 10.6 Å². The van der Waals surface area contributed by atoms with Gasteiger partial charge in [-0.1, -0.05) is 0 Å². The molecule has 1 aromatic rings. The third-order valence-electron chi connectivity index (χ3n) is 3.61. The van der Waals surface area contributed by atoms with Gasteiger partial charge >= 0.3 is 0 Å². The molecule has 124 valence electrons. The fourth-order valence-corrected chi connectivity index (χ4v) is 4.19. The van der Waals surface area contributed by atoms with E-state index in [-0.39, 0.29) is 10.6 Å². The zero-order valence-electron chi connectivity index (χ0n) is 12.7. The third kappa shape index (κ3) is 3.97. The van der Waals surface area contributed by atoms with Crippen LogP contribution in [0.5, 0.6) is 0 Å². The maximum Gasteiger partial charge on any atom is 0.243 e. The van der Waals surface area contributed by atoms with E-state index in [0.29, 0.717) is 31.9 Å². The summed E-state index contributed by atoms with van der Waals surface area (Å²) in [6.07, 6.45) is 0. The molecule has 0 aromatic heterocycles. The van der Waals surface area contributed by atoms with Gasteiger partial charge in [0.25, 0.3) is 0 Å². The van der Waals surface area contributed by atoms with Gasteiger partial charge in [-0.25, -0.2) is 16.8 Å². The van der Waals surface area contributed by atoms with E-state index in [4.69, 9.17) is 0 Å². The van der Waals surface area contributed by atoms with E-state index in [1.807, 2.05) is 7.05 Å². The van der Waals surface area contributed by atoms with Gasteiger partial charge in [-0.15, -0.1) is 0 Å². The van der Waals surface area contributed by atoms with Crippen LogP contribution >= 0.6 is 0 Å². The van der Waals surface area contributed by atoms with Crippen LogP contribution in [0.4, 0.5) is 5.69 Å². The zero-order valence-corrected chi connectivity index (χ0v) is 14.3. The third-order valence-corrected chi connectivity index (χ3v) is 6.83. The molecule has 0 saturated carbocycles. The number of nitrogens with zero attached hydrogens (tertiary/aromatic N) is 2. The van der Waals surface area contributed by atoms with Gasteiger partial charge in [0.2, 0.25) is 20.0 Å². The second-order valence-electron chi connectivity index (χ2n) is 5.24. The molecule has 1 heterocycles. The molecule has 0 atom stereocenters. The van der Waals surface area contributed by atoms with Crippen LogP contribution in [0.2, 0.25) is 0 Å². The smallest absolute Gasteiger partial charge is 0.243 e. The standard InChI is InChI=1S/C13H21N3O4S2/c1-3-21(17,18)14-12-4-6-13(7-5-12)22(19,20)16-10-8-15(2)9-11-16/h4-7,14H,3,8-11H2,1-2H3. The second-order valence-corrected chi connectivity index (χ2v) is 9.19. The summed E-state index contributed by atoms with van der Waals surface area (Å²) < 4.78 is 51.8. The van der Waals surface area contributed by atoms with E-state index in [0.717, 1.165) is 0 Å². The van der Waals surface area contributed by atoms with Crippen LogP contribution < -0.4 is 4.72 Å². The van der Waals surface area contributed by atoms with Gasteiger partial charge in [-0.2, -0.15) is 4.31 Å². The fourth-order valence-electron chi connectivity index (χ4n) is 2.12. The highest BCUT2D eigenvalue weighted by molar-refractivity contribution is 7.92. The van der Waals surface area contributed by atoms with E-state index in [2.05, 4.69) is 9.62 Å². The van der Waals surface area contributed by atoms with Crippen molar-refractivity contribution in [2.75, 3.05) is 43.7 Å². The van der Waals surface area contributed by atoms with E-state index < -0.39 is 20.0 Å². The minimum Gasteiger partial charge on any atom is -0.304 e.